The van der Waals surface area contributed by atoms with E-state index >= 15 is 0 Å². The molecule has 2 heterocycles. The second kappa shape index (κ2) is 8.77. The van der Waals surface area contributed by atoms with E-state index in [4.69, 9.17) is 13.9 Å². The predicted octanol–water partition coefficient (Wildman–Crippen LogP) is 3.48. The highest BCUT2D eigenvalue weighted by molar-refractivity contribution is 5.83. The molecule has 0 radical (unpaired) electrons. The molecule has 2 aromatic carbocycles. The van der Waals surface area contributed by atoms with Crippen LogP contribution in [0.3, 0.4) is 0 Å². The lowest BCUT2D eigenvalue weighted by Crippen LogP contribution is -2.49. The molecule has 1 atom stereocenters. The van der Waals surface area contributed by atoms with Gasteiger partial charge < -0.3 is 19.2 Å². The minimum absolute atomic E-state index is 0.115. The van der Waals surface area contributed by atoms with Crippen LogP contribution in [0.5, 0.6) is 11.5 Å². The number of benzene rings is 2. The summed E-state index contributed by atoms with van der Waals surface area (Å²) in [5.41, 5.74) is 2.18. The van der Waals surface area contributed by atoms with E-state index in [9.17, 15) is 9.18 Å². The van der Waals surface area contributed by atoms with Crippen molar-refractivity contribution >= 4 is 5.91 Å². The molecule has 1 aliphatic rings. The van der Waals surface area contributed by atoms with Gasteiger partial charge in [-0.25, -0.2) is 9.37 Å². The van der Waals surface area contributed by atoms with Gasteiger partial charge in [0.25, 0.3) is 0 Å². The third-order valence-corrected chi connectivity index (χ3v) is 5.38. The smallest absolute Gasteiger partial charge is 0.242 e. The SMILES string of the molecule is COc1ccc(-c2nc(CN3CCNC(=O)C3c3ccc(F)cc3)c(C)o2)c(OC)c1. The van der Waals surface area contributed by atoms with Crippen molar-refractivity contribution < 1.29 is 23.1 Å². The highest BCUT2D eigenvalue weighted by Crippen LogP contribution is 2.34. The molecule has 0 aliphatic carbocycles. The summed E-state index contributed by atoms with van der Waals surface area (Å²) in [6.45, 7) is 3.44. The number of nitrogens with zero attached hydrogens (tertiary/aromatic N) is 2. The fourth-order valence-corrected chi connectivity index (χ4v) is 3.75. The summed E-state index contributed by atoms with van der Waals surface area (Å²) in [6, 6.07) is 10.9. The molecule has 1 amide bonds. The molecular formula is C23H24FN3O4. The number of methoxy groups -OCH3 is 2. The number of piperazine rings is 1. The van der Waals surface area contributed by atoms with Crippen molar-refractivity contribution in [2.75, 3.05) is 27.3 Å². The minimum atomic E-state index is -0.524. The van der Waals surface area contributed by atoms with Crippen LogP contribution in [0, 0.1) is 12.7 Å². The van der Waals surface area contributed by atoms with Gasteiger partial charge in [-0.3, -0.25) is 9.69 Å². The lowest BCUT2D eigenvalue weighted by molar-refractivity contribution is -0.129. The van der Waals surface area contributed by atoms with Crippen molar-refractivity contribution in [3.63, 3.8) is 0 Å². The summed E-state index contributed by atoms with van der Waals surface area (Å²) < 4.78 is 30.0. The topological polar surface area (TPSA) is 76.8 Å². The average Bonchev–Trinajstić information content (AvgIpc) is 3.14. The van der Waals surface area contributed by atoms with Gasteiger partial charge in [0.1, 0.15) is 29.1 Å². The second-order valence-corrected chi connectivity index (χ2v) is 7.30. The van der Waals surface area contributed by atoms with E-state index in [-0.39, 0.29) is 11.7 Å². The first-order valence-corrected chi connectivity index (χ1v) is 9.96. The number of aryl methyl sites for hydroxylation is 1. The van der Waals surface area contributed by atoms with Gasteiger partial charge in [0.2, 0.25) is 11.8 Å². The Balaban J connectivity index is 1.63. The van der Waals surface area contributed by atoms with E-state index < -0.39 is 6.04 Å². The highest BCUT2D eigenvalue weighted by Gasteiger charge is 2.32. The Kier molecular flexibility index (Phi) is 5.90. The van der Waals surface area contributed by atoms with Gasteiger partial charge in [0.15, 0.2) is 0 Å². The fourth-order valence-electron chi connectivity index (χ4n) is 3.75. The summed E-state index contributed by atoms with van der Waals surface area (Å²) in [5, 5.41) is 2.89. The first kappa shape index (κ1) is 20.9. The molecule has 4 rings (SSSR count). The number of nitrogens with one attached hydrogen (secondary N) is 1. The molecule has 1 saturated heterocycles. The van der Waals surface area contributed by atoms with Crippen LogP contribution in [0.1, 0.15) is 23.1 Å². The van der Waals surface area contributed by atoms with Crippen LogP contribution >= 0.6 is 0 Å². The van der Waals surface area contributed by atoms with Crippen molar-refractivity contribution in [2.24, 2.45) is 0 Å². The Bertz CT molecular complexity index is 1080. The summed E-state index contributed by atoms with van der Waals surface area (Å²) in [4.78, 5) is 19.3. The monoisotopic (exact) mass is 425 g/mol. The number of halogens is 1. The lowest BCUT2D eigenvalue weighted by atomic mass is 10.0. The van der Waals surface area contributed by atoms with Gasteiger partial charge in [-0.05, 0) is 36.8 Å². The third-order valence-electron chi connectivity index (χ3n) is 5.38. The molecule has 1 N–H and O–H groups in total. The molecule has 1 aliphatic heterocycles. The third kappa shape index (κ3) is 4.25. The highest BCUT2D eigenvalue weighted by atomic mass is 19.1. The molecule has 31 heavy (non-hydrogen) atoms. The predicted molar refractivity (Wildman–Crippen MR) is 112 cm³/mol. The zero-order valence-electron chi connectivity index (χ0n) is 17.6. The zero-order chi connectivity index (χ0) is 22.0. The summed E-state index contributed by atoms with van der Waals surface area (Å²) in [6.07, 6.45) is 0. The van der Waals surface area contributed by atoms with Crippen LogP contribution in [-0.4, -0.2) is 43.1 Å². The fraction of sp³-hybridized carbons (Fsp3) is 0.304. The first-order chi connectivity index (χ1) is 15.0. The number of oxazole rings is 1. The van der Waals surface area contributed by atoms with Gasteiger partial charge in [0.05, 0.1) is 25.5 Å². The number of carbonyl (C=O) groups is 1. The number of hydrogen-bond acceptors (Lipinski definition) is 6. The van der Waals surface area contributed by atoms with Gasteiger partial charge in [-0.2, -0.15) is 0 Å². The summed E-state index contributed by atoms with van der Waals surface area (Å²) >= 11 is 0. The van der Waals surface area contributed by atoms with E-state index in [0.717, 1.165) is 11.3 Å². The average molecular weight is 425 g/mol. The Morgan fingerprint density at radius 2 is 1.97 bits per heavy atom. The van der Waals surface area contributed by atoms with Gasteiger partial charge in [-0.1, -0.05) is 12.1 Å². The lowest BCUT2D eigenvalue weighted by Gasteiger charge is -2.34. The van der Waals surface area contributed by atoms with Crippen LogP contribution in [0.15, 0.2) is 46.9 Å². The van der Waals surface area contributed by atoms with Crippen molar-refractivity contribution in [1.82, 2.24) is 15.2 Å². The molecule has 1 unspecified atom stereocenters. The Morgan fingerprint density at radius 3 is 2.68 bits per heavy atom. The van der Waals surface area contributed by atoms with Gasteiger partial charge in [0, 0.05) is 25.7 Å². The Hall–Kier alpha value is -3.39. The molecule has 3 aromatic rings. The quantitative estimate of drug-likeness (QED) is 0.652. The summed E-state index contributed by atoms with van der Waals surface area (Å²) in [5.74, 6) is 1.91. The number of ether oxygens (including phenoxy) is 2. The Labute approximate surface area is 179 Å². The van der Waals surface area contributed by atoms with Crippen LogP contribution in [0.2, 0.25) is 0 Å². The zero-order valence-corrected chi connectivity index (χ0v) is 17.6. The second-order valence-electron chi connectivity index (χ2n) is 7.30. The van der Waals surface area contributed by atoms with E-state index in [1.54, 1.807) is 32.4 Å². The van der Waals surface area contributed by atoms with Crippen LogP contribution < -0.4 is 14.8 Å². The van der Waals surface area contributed by atoms with Crippen LogP contribution in [0.25, 0.3) is 11.5 Å². The maximum atomic E-state index is 13.4. The van der Waals surface area contributed by atoms with Crippen molar-refractivity contribution in [2.45, 2.75) is 19.5 Å². The molecule has 7 nitrogen and oxygen atoms in total. The van der Waals surface area contributed by atoms with Crippen molar-refractivity contribution in [3.05, 3.63) is 65.3 Å². The summed E-state index contributed by atoms with van der Waals surface area (Å²) in [7, 11) is 3.17. The number of aromatic nitrogens is 1. The molecule has 1 fully saturated rings. The van der Waals surface area contributed by atoms with Crippen LogP contribution in [0.4, 0.5) is 4.39 Å². The molecule has 0 spiro atoms. The van der Waals surface area contributed by atoms with E-state index in [1.165, 1.54) is 12.1 Å². The van der Waals surface area contributed by atoms with E-state index in [0.29, 0.717) is 48.3 Å². The largest absolute Gasteiger partial charge is 0.497 e. The number of amides is 1. The minimum Gasteiger partial charge on any atom is -0.497 e. The van der Waals surface area contributed by atoms with E-state index in [2.05, 4.69) is 10.3 Å². The molecular weight excluding hydrogens is 401 g/mol. The molecule has 0 bridgehead atoms. The molecule has 8 heteroatoms. The maximum absolute atomic E-state index is 13.4. The maximum Gasteiger partial charge on any atom is 0.242 e. The van der Waals surface area contributed by atoms with Crippen LogP contribution in [-0.2, 0) is 11.3 Å². The molecule has 162 valence electrons. The van der Waals surface area contributed by atoms with Crippen molar-refractivity contribution in [3.8, 4) is 23.0 Å². The number of hydrogen-bond donors (Lipinski definition) is 1. The number of carbonyl (C=O) groups excluding carboxylic acids is 1. The standard InChI is InChI=1S/C23H24FN3O4/c1-14-19(26-23(31-14)18-9-8-17(29-2)12-20(18)30-3)13-27-11-10-25-22(28)21(27)15-4-6-16(24)7-5-15/h4-9,12,21H,10-11,13H2,1-3H3,(H,25,28). The molecule has 0 saturated carbocycles. The normalized spacial score (nSPS) is 16.8. The number of rotatable bonds is 6. The van der Waals surface area contributed by atoms with Gasteiger partial charge >= 0.3 is 0 Å². The molecule has 1 aromatic heterocycles. The Morgan fingerprint density at radius 1 is 1.19 bits per heavy atom. The van der Waals surface area contributed by atoms with Gasteiger partial charge in [-0.15, -0.1) is 0 Å². The van der Waals surface area contributed by atoms with E-state index in [1.807, 2.05) is 24.0 Å². The van der Waals surface area contributed by atoms with Crippen molar-refractivity contribution in [1.29, 1.82) is 0 Å². The first-order valence-electron chi connectivity index (χ1n) is 9.96.